The van der Waals surface area contributed by atoms with Crippen LogP contribution in [0, 0.1) is 20.8 Å². The molecule has 4 aromatic carbocycles. The Hall–Kier alpha value is -4.11. The van der Waals surface area contributed by atoms with E-state index in [1.165, 1.54) is 39.1 Å². The first-order valence-electron chi connectivity index (χ1n) is 12.1. The Morgan fingerprint density at radius 2 is 1.40 bits per heavy atom. The van der Waals surface area contributed by atoms with Crippen molar-refractivity contribution in [2.24, 2.45) is 0 Å². The maximum Gasteiger partial charge on any atom is 0.148 e. The first-order chi connectivity index (χ1) is 17.1. The fourth-order valence-electron chi connectivity index (χ4n) is 5.79. The van der Waals surface area contributed by atoms with E-state index >= 15 is 0 Å². The summed E-state index contributed by atoms with van der Waals surface area (Å²) in [5.74, 6) is 1.81. The summed E-state index contributed by atoms with van der Waals surface area (Å²) in [4.78, 5) is 4.82. The molecule has 0 N–H and O–H groups in total. The molecule has 3 heteroatoms. The van der Waals surface area contributed by atoms with Crippen molar-refractivity contribution in [3.8, 4) is 22.8 Å². The third-order valence-corrected chi connectivity index (χ3v) is 7.20. The van der Waals surface area contributed by atoms with E-state index in [1.807, 2.05) is 6.20 Å². The van der Waals surface area contributed by atoms with E-state index in [9.17, 15) is 0 Å². The molecule has 0 fully saturated rings. The second-order valence-corrected chi connectivity index (χ2v) is 9.48. The lowest BCUT2D eigenvalue weighted by molar-refractivity contribution is 0.313. The largest absolute Gasteiger partial charge is 0.491 e. The van der Waals surface area contributed by atoms with Gasteiger partial charge in [0, 0.05) is 18.0 Å². The van der Waals surface area contributed by atoms with E-state index < -0.39 is 0 Å². The van der Waals surface area contributed by atoms with Crippen LogP contribution in [-0.4, -0.2) is 16.2 Å². The molecular formula is C32H28N2O. The molecule has 0 atom stereocenters. The summed E-state index contributed by atoms with van der Waals surface area (Å²) in [7, 11) is 0. The summed E-state index contributed by atoms with van der Waals surface area (Å²) in [5.41, 5.74) is 9.20. The molecule has 2 heterocycles. The highest BCUT2D eigenvalue weighted by atomic mass is 16.5. The highest BCUT2D eigenvalue weighted by Crippen LogP contribution is 2.51. The van der Waals surface area contributed by atoms with Crippen molar-refractivity contribution in [2.45, 2.75) is 26.2 Å². The van der Waals surface area contributed by atoms with Crippen molar-refractivity contribution in [3.05, 3.63) is 137 Å². The Labute approximate surface area is 206 Å². The van der Waals surface area contributed by atoms with Gasteiger partial charge in [0.1, 0.15) is 18.2 Å². The molecule has 0 saturated heterocycles. The lowest BCUT2D eigenvalue weighted by Crippen LogP contribution is -2.31. The summed E-state index contributed by atoms with van der Waals surface area (Å²) in [6.07, 6.45) is 3.93. The minimum atomic E-state index is -0.374. The van der Waals surface area contributed by atoms with Crippen molar-refractivity contribution in [1.82, 2.24) is 9.55 Å². The molecule has 1 aliphatic rings. The fourth-order valence-corrected chi connectivity index (χ4v) is 5.79. The number of benzene rings is 4. The van der Waals surface area contributed by atoms with Gasteiger partial charge in [-0.25, -0.2) is 4.98 Å². The fraction of sp³-hybridized carbons (Fsp3) is 0.156. The molecule has 1 aliphatic heterocycles. The standard InChI is InChI=1S/C32H28N2O/c1-22-19-23(2)29(24(3)20-22)34-18-17-33-31(34)27-15-10-16-28-30(27)35-21-32(28,25-11-6-4-7-12-25)26-13-8-5-9-14-26/h4-20H,21H2,1-3H3. The van der Waals surface area contributed by atoms with E-state index in [2.05, 4.69) is 123 Å². The molecule has 0 bridgehead atoms. The van der Waals surface area contributed by atoms with Crippen LogP contribution in [0.25, 0.3) is 17.1 Å². The molecule has 3 nitrogen and oxygen atoms in total. The van der Waals surface area contributed by atoms with Crippen LogP contribution in [0.15, 0.2) is 103 Å². The molecule has 35 heavy (non-hydrogen) atoms. The third kappa shape index (κ3) is 3.30. The Balaban J connectivity index is 1.58. The molecule has 0 saturated carbocycles. The van der Waals surface area contributed by atoms with Gasteiger partial charge < -0.3 is 4.74 Å². The molecule has 0 amide bonds. The van der Waals surface area contributed by atoms with Gasteiger partial charge in [0.25, 0.3) is 0 Å². The van der Waals surface area contributed by atoms with Crippen LogP contribution in [0.5, 0.6) is 5.75 Å². The predicted molar refractivity (Wildman–Crippen MR) is 141 cm³/mol. The summed E-state index contributed by atoms with van der Waals surface area (Å²) in [6.45, 7) is 7.03. The van der Waals surface area contributed by atoms with Crippen molar-refractivity contribution in [1.29, 1.82) is 0 Å². The van der Waals surface area contributed by atoms with Gasteiger partial charge in [0.05, 0.1) is 16.7 Å². The number of hydrogen-bond donors (Lipinski definition) is 0. The van der Waals surface area contributed by atoms with E-state index in [4.69, 9.17) is 9.72 Å². The minimum Gasteiger partial charge on any atom is -0.491 e. The zero-order chi connectivity index (χ0) is 24.0. The monoisotopic (exact) mass is 456 g/mol. The maximum atomic E-state index is 6.60. The zero-order valence-corrected chi connectivity index (χ0v) is 20.3. The van der Waals surface area contributed by atoms with Crippen molar-refractivity contribution in [2.75, 3.05) is 6.61 Å². The van der Waals surface area contributed by atoms with Gasteiger partial charge in [-0.2, -0.15) is 0 Å². The second kappa shape index (κ2) is 8.28. The Morgan fingerprint density at radius 1 is 0.771 bits per heavy atom. The zero-order valence-electron chi connectivity index (χ0n) is 20.3. The average Bonchev–Trinajstić information content (AvgIpc) is 3.50. The number of nitrogens with zero attached hydrogens (tertiary/aromatic N) is 2. The van der Waals surface area contributed by atoms with Crippen LogP contribution < -0.4 is 4.74 Å². The van der Waals surface area contributed by atoms with Gasteiger partial charge in [0.2, 0.25) is 0 Å². The van der Waals surface area contributed by atoms with Gasteiger partial charge in [-0.05, 0) is 49.1 Å². The maximum absolute atomic E-state index is 6.60. The minimum absolute atomic E-state index is 0.374. The molecule has 0 radical (unpaired) electrons. The summed E-state index contributed by atoms with van der Waals surface area (Å²) in [5, 5.41) is 0. The number of rotatable bonds is 4. The topological polar surface area (TPSA) is 27.1 Å². The Bertz CT molecular complexity index is 1450. The highest BCUT2D eigenvalue weighted by Gasteiger charge is 2.45. The van der Waals surface area contributed by atoms with Gasteiger partial charge >= 0.3 is 0 Å². The Kier molecular flexibility index (Phi) is 5.07. The summed E-state index contributed by atoms with van der Waals surface area (Å²) < 4.78 is 8.80. The molecule has 0 unspecified atom stereocenters. The number of hydrogen-bond acceptors (Lipinski definition) is 2. The normalized spacial score (nSPS) is 13.9. The van der Waals surface area contributed by atoms with E-state index in [1.54, 1.807) is 0 Å². The lowest BCUT2D eigenvalue weighted by atomic mass is 9.70. The van der Waals surface area contributed by atoms with Crippen LogP contribution in [-0.2, 0) is 5.41 Å². The van der Waals surface area contributed by atoms with E-state index in [-0.39, 0.29) is 5.41 Å². The van der Waals surface area contributed by atoms with Crippen LogP contribution in [0.1, 0.15) is 33.4 Å². The smallest absolute Gasteiger partial charge is 0.148 e. The average molecular weight is 457 g/mol. The lowest BCUT2D eigenvalue weighted by Gasteiger charge is -2.29. The quantitative estimate of drug-likeness (QED) is 0.286. The summed E-state index contributed by atoms with van der Waals surface area (Å²) in [6, 6.07) is 32.3. The number of fused-ring (bicyclic) bond motifs is 1. The number of aromatic nitrogens is 2. The number of para-hydroxylation sites is 1. The number of aryl methyl sites for hydroxylation is 3. The molecule has 0 aliphatic carbocycles. The number of imidazole rings is 1. The summed E-state index contributed by atoms with van der Waals surface area (Å²) >= 11 is 0. The second-order valence-electron chi connectivity index (χ2n) is 9.48. The van der Waals surface area contributed by atoms with Crippen LogP contribution in [0.3, 0.4) is 0 Å². The van der Waals surface area contributed by atoms with Crippen LogP contribution in [0.4, 0.5) is 0 Å². The SMILES string of the molecule is Cc1cc(C)c(-n2ccnc2-c2cccc3c2OCC3(c2ccccc2)c2ccccc2)c(C)c1. The predicted octanol–water partition coefficient (Wildman–Crippen LogP) is 7.19. The number of ether oxygens (including phenoxy) is 1. The van der Waals surface area contributed by atoms with E-state index in [0.717, 1.165) is 17.1 Å². The van der Waals surface area contributed by atoms with Gasteiger partial charge in [-0.15, -0.1) is 0 Å². The molecule has 1 aromatic heterocycles. The van der Waals surface area contributed by atoms with E-state index in [0.29, 0.717) is 6.61 Å². The van der Waals surface area contributed by atoms with Crippen LogP contribution >= 0.6 is 0 Å². The molecule has 172 valence electrons. The first kappa shape index (κ1) is 21.4. The molecule has 6 rings (SSSR count). The first-order valence-corrected chi connectivity index (χ1v) is 12.1. The third-order valence-electron chi connectivity index (χ3n) is 7.20. The molecule has 5 aromatic rings. The van der Waals surface area contributed by atoms with Crippen LogP contribution in [0.2, 0.25) is 0 Å². The Morgan fingerprint density at radius 3 is 2.03 bits per heavy atom. The van der Waals surface area contributed by atoms with Crippen molar-refractivity contribution >= 4 is 0 Å². The van der Waals surface area contributed by atoms with Crippen molar-refractivity contribution in [3.63, 3.8) is 0 Å². The molecular weight excluding hydrogens is 428 g/mol. The van der Waals surface area contributed by atoms with Crippen molar-refractivity contribution < 1.29 is 4.74 Å². The van der Waals surface area contributed by atoms with Gasteiger partial charge in [0.15, 0.2) is 0 Å². The highest BCUT2D eigenvalue weighted by molar-refractivity contribution is 5.74. The van der Waals surface area contributed by atoms with Gasteiger partial charge in [-0.3, -0.25) is 4.57 Å². The van der Waals surface area contributed by atoms with Gasteiger partial charge in [-0.1, -0.05) is 90.5 Å². The molecule has 0 spiro atoms.